The van der Waals surface area contributed by atoms with Crippen molar-refractivity contribution in [2.45, 2.75) is 19.3 Å². The Labute approximate surface area is 87.8 Å². The average Bonchev–Trinajstić information content (AvgIpc) is 2.74. The molecule has 15 heavy (non-hydrogen) atoms. The van der Waals surface area contributed by atoms with Crippen molar-refractivity contribution >= 4 is 5.95 Å². The van der Waals surface area contributed by atoms with Crippen LogP contribution in [-0.4, -0.2) is 34.8 Å². The van der Waals surface area contributed by atoms with Crippen molar-refractivity contribution in [3.05, 3.63) is 22.1 Å². The van der Waals surface area contributed by atoms with Crippen LogP contribution in [0.25, 0.3) is 0 Å². The van der Waals surface area contributed by atoms with Gasteiger partial charge in [-0.2, -0.15) is 0 Å². The van der Waals surface area contributed by atoms with E-state index in [2.05, 4.69) is 14.9 Å². The van der Waals surface area contributed by atoms with Crippen LogP contribution in [0.15, 0.2) is 11.0 Å². The van der Waals surface area contributed by atoms with Crippen molar-refractivity contribution in [1.29, 1.82) is 0 Å². The van der Waals surface area contributed by atoms with Gasteiger partial charge in [0.15, 0.2) is 0 Å². The summed E-state index contributed by atoms with van der Waals surface area (Å²) in [4.78, 5) is 20.6. The molecule has 1 aliphatic rings. The second-order valence-corrected chi connectivity index (χ2v) is 3.73. The number of aromatic amines is 1. The molecule has 2 N–H and O–H groups in total. The topological polar surface area (TPSA) is 69.2 Å². The lowest BCUT2D eigenvalue weighted by Gasteiger charge is -2.15. The fourth-order valence-electron chi connectivity index (χ4n) is 1.80. The maximum absolute atomic E-state index is 11.6. The Bertz CT molecular complexity index is 382. The van der Waals surface area contributed by atoms with Gasteiger partial charge in [-0.3, -0.25) is 9.78 Å². The van der Waals surface area contributed by atoms with E-state index in [4.69, 9.17) is 5.11 Å². The second kappa shape index (κ2) is 4.44. The number of nitrogens with zero attached hydrogens (tertiary/aromatic N) is 2. The number of hydrogen-bond acceptors (Lipinski definition) is 4. The van der Waals surface area contributed by atoms with Gasteiger partial charge in [-0.15, -0.1) is 0 Å². The van der Waals surface area contributed by atoms with Crippen molar-refractivity contribution in [2.24, 2.45) is 0 Å². The molecule has 0 unspecified atom stereocenters. The van der Waals surface area contributed by atoms with Crippen molar-refractivity contribution < 1.29 is 5.11 Å². The summed E-state index contributed by atoms with van der Waals surface area (Å²) >= 11 is 0. The quantitative estimate of drug-likeness (QED) is 0.729. The maximum atomic E-state index is 11.6. The van der Waals surface area contributed by atoms with Gasteiger partial charge in [-0.25, -0.2) is 4.98 Å². The Kier molecular flexibility index (Phi) is 3.01. The molecule has 2 rings (SSSR count). The van der Waals surface area contributed by atoms with Crippen LogP contribution >= 0.6 is 0 Å². The summed E-state index contributed by atoms with van der Waals surface area (Å²) in [6.45, 7) is 1.90. The molecule has 0 atom stereocenters. The van der Waals surface area contributed by atoms with E-state index >= 15 is 0 Å². The van der Waals surface area contributed by atoms with Crippen LogP contribution in [0.1, 0.15) is 18.4 Å². The Hall–Kier alpha value is -1.36. The molecule has 0 radical (unpaired) electrons. The molecule has 0 bridgehead atoms. The molecule has 0 aliphatic carbocycles. The molecule has 1 saturated heterocycles. The van der Waals surface area contributed by atoms with E-state index in [1.54, 1.807) is 6.20 Å². The molecule has 1 aromatic rings. The van der Waals surface area contributed by atoms with Gasteiger partial charge in [-0.1, -0.05) is 0 Å². The number of anilines is 1. The summed E-state index contributed by atoms with van der Waals surface area (Å²) in [5.74, 6) is 0.652. The van der Waals surface area contributed by atoms with E-state index in [0.29, 0.717) is 17.9 Å². The summed E-state index contributed by atoms with van der Waals surface area (Å²) in [5, 5.41) is 8.73. The minimum absolute atomic E-state index is 0.0200. The van der Waals surface area contributed by atoms with Crippen LogP contribution < -0.4 is 10.5 Å². The zero-order valence-electron chi connectivity index (χ0n) is 8.57. The molecule has 1 aliphatic heterocycles. The summed E-state index contributed by atoms with van der Waals surface area (Å²) in [7, 11) is 0. The first-order valence-electron chi connectivity index (χ1n) is 5.25. The van der Waals surface area contributed by atoms with Crippen molar-refractivity contribution in [2.75, 3.05) is 24.6 Å². The first-order chi connectivity index (χ1) is 7.31. The van der Waals surface area contributed by atoms with E-state index in [1.807, 2.05) is 0 Å². The third kappa shape index (κ3) is 2.18. The molecule has 0 aromatic carbocycles. The van der Waals surface area contributed by atoms with Gasteiger partial charge in [0.1, 0.15) is 0 Å². The van der Waals surface area contributed by atoms with Crippen LogP contribution in [0.5, 0.6) is 0 Å². The van der Waals surface area contributed by atoms with E-state index in [9.17, 15) is 4.79 Å². The molecule has 2 heterocycles. The van der Waals surface area contributed by atoms with Crippen LogP contribution in [0.3, 0.4) is 0 Å². The summed E-state index contributed by atoms with van der Waals surface area (Å²) in [6.07, 6.45) is 4.23. The van der Waals surface area contributed by atoms with Gasteiger partial charge in [0.25, 0.3) is 5.56 Å². The predicted octanol–water partition coefficient (Wildman–Crippen LogP) is -0.0951. The first kappa shape index (κ1) is 10.2. The summed E-state index contributed by atoms with van der Waals surface area (Å²) in [5.41, 5.74) is 0.404. The van der Waals surface area contributed by atoms with Crippen LogP contribution in [0.4, 0.5) is 5.95 Å². The first-order valence-corrected chi connectivity index (χ1v) is 5.25. The molecule has 0 saturated carbocycles. The predicted molar refractivity (Wildman–Crippen MR) is 57.1 cm³/mol. The highest BCUT2D eigenvalue weighted by molar-refractivity contribution is 5.31. The Balaban J connectivity index is 2.20. The molecule has 1 aromatic heterocycles. The van der Waals surface area contributed by atoms with Crippen molar-refractivity contribution in [3.63, 3.8) is 0 Å². The Morgan fingerprint density at radius 2 is 2.20 bits per heavy atom. The van der Waals surface area contributed by atoms with Gasteiger partial charge in [-0.05, 0) is 12.8 Å². The fraction of sp³-hybridized carbons (Fsp3) is 0.600. The number of H-pyrrole nitrogens is 1. The van der Waals surface area contributed by atoms with Gasteiger partial charge < -0.3 is 10.0 Å². The zero-order valence-corrected chi connectivity index (χ0v) is 8.57. The average molecular weight is 209 g/mol. The zero-order chi connectivity index (χ0) is 10.7. The third-order valence-electron chi connectivity index (χ3n) is 2.65. The molecule has 1 fully saturated rings. The maximum Gasteiger partial charge on any atom is 0.255 e. The van der Waals surface area contributed by atoms with E-state index in [1.165, 1.54) is 0 Å². The highest BCUT2D eigenvalue weighted by Crippen LogP contribution is 2.13. The standard InChI is InChI=1S/C10H15N3O2/c14-6-3-8-7-11-10(12-9(8)15)13-4-1-2-5-13/h7,14H,1-6H2,(H,11,12,15). The van der Waals surface area contributed by atoms with E-state index < -0.39 is 0 Å². The van der Waals surface area contributed by atoms with E-state index in [-0.39, 0.29) is 12.2 Å². The number of aliphatic hydroxyl groups is 1. The third-order valence-corrected chi connectivity index (χ3v) is 2.65. The summed E-state index contributed by atoms with van der Waals surface area (Å²) in [6, 6.07) is 0. The minimum Gasteiger partial charge on any atom is -0.396 e. The van der Waals surface area contributed by atoms with Gasteiger partial charge in [0, 0.05) is 37.9 Å². The monoisotopic (exact) mass is 209 g/mol. The lowest BCUT2D eigenvalue weighted by atomic mass is 10.2. The number of aromatic nitrogens is 2. The van der Waals surface area contributed by atoms with Gasteiger partial charge in [0.05, 0.1) is 0 Å². The van der Waals surface area contributed by atoms with Crippen molar-refractivity contribution in [1.82, 2.24) is 9.97 Å². The van der Waals surface area contributed by atoms with Crippen LogP contribution in [0.2, 0.25) is 0 Å². The molecule has 0 spiro atoms. The number of aliphatic hydroxyl groups excluding tert-OH is 1. The molecule has 5 heteroatoms. The fourth-order valence-corrected chi connectivity index (χ4v) is 1.80. The number of hydrogen-bond donors (Lipinski definition) is 2. The SMILES string of the molecule is O=c1[nH]c(N2CCCC2)ncc1CCO. The van der Waals surface area contributed by atoms with E-state index in [0.717, 1.165) is 25.9 Å². The smallest absolute Gasteiger partial charge is 0.255 e. The Morgan fingerprint density at radius 3 is 2.80 bits per heavy atom. The minimum atomic E-state index is -0.138. The largest absolute Gasteiger partial charge is 0.396 e. The van der Waals surface area contributed by atoms with Gasteiger partial charge in [0.2, 0.25) is 5.95 Å². The highest BCUT2D eigenvalue weighted by atomic mass is 16.3. The highest BCUT2D eigenvalue weighted by Gasteiger charge is 2.14. The lowest BCUT2D eigenvalue weighted by Crippen LogP contribution is -2.25. The molecule has 5 nitrogen and oxygen atoms in total. The molecular formula is C10H15N3O2. The van der Waals surface area contributed by atoms with Crippen molar-refractivity contribution in [3.8, 4) is 0 Å². The molecule has 0 amide bonds. The summed E-state index contributed by atoms with van der Waals surface area (Å²) < 4.78 is 0. The molecule has 82 valence electrons. The molecular weight excluding hydrogens is 194 g/mol. The Morgan fingerprint density at radius 1 is 1.47 bits per heavy atom. The second-order valence-electron chi connectivity index (χ2n) is 3.73. The number of nitrogens with one attached hydrogen (secondary N) is 1. The van der Waals surface area contributed by atoms with Gasteiger partial charge >= 0.3 is 0 Å². The number of rotatable bonds is 3. The van der Waals surface area contributed by atoms with Crippen LogP contribution in [-0.2, 0) is 6.42 Å². The lowest BCUT2D eigenvalue weighted by molar-refractivity contribution is 0.299. The normalized spacial score (nSPS) is 15.9. The van der Waals surface area contributed by atoms with Crippen LogP contribution in [0, 0.1) is 0 Å².